The molecule has 4 atom stereocenters. The third-order valence-electron chi connectivity index (χ3n) is 5.92. The fourth-order valence-electron chi connectivity index (χ4n) is 4.65. The number of ketones is 1. The molecule has 1 N–H and O–H groups in total. The van der Waals surface area contributed by atoms with Crippen molar-refractivity contribution in [3.63, 3.8) is 0 Å². The molecule has 2 aromatic rings. The maximum Gasteiger partial charge on any atom is 0.142 e. The second-order valence-corrected chi connectivity index (χ2v) is 8.42. The number of carbonyl (C=O) groups is 1. The van der Waals surface area contributed by atoms with Gasteiger partial charge >= 0.3 is 0 Å². The van der Waals surface area contributed by atoms with Gasteiger partial charge in [0.15, 0.2) is 0 Å². The van der Waals surface area contributed by atoms with Crippen molar-refractivity contribution in [2.75, 3.05) is 0 Å². The average molecular weight is 414 g/mol. The maximum absolute atomic E-state index is 12.9. The molecule has 3 nitrogen and oxygen atoms in total. The number of benzene rings is 2. The van der Waals surface area contributed by atoms with Gasteiger partial charge in [0.1, 0.15) is 5.78 Å². The normalized spacial score (nSPS) is 27.3. The Kier molecular flexibility index (Phi) is 5.25. The maximum atomic E-state index is 12.9. The van der Waals surface area contributed by atoms with Gasteiger partial charge < -0.3 is 5.11 Å². The lowest BCUT2D eigenvalue weighted by atomic mass is 9.73. The van der Waals surface area contributed by atoms with Crippen molar-refractivity contribution in [3.8, 4) is 0 Å². The van der Waals surface area contributed by atoms with Crippen LogP contribution in [0.5, 0.6) is 0 Å². The number of piperidine rings is 2. The van der Waals surface area contributed by atoms with Crippen LogP contribution in [0.25, 0.3) is 0 Å². The van der Waals surface area contributed by atoms with Crippen molar-refractivity contribution in [1.29, 1.82) is 0 Å². The van der Waals surface area contributed by atoms with Crippen LogP contribution in [0.2, 0.25) is 0 Å². The number of hydrogen-bond acceptors (Lipinski definition) is 3. The van der Waals surface area contributed by atoms with Crippen molar-refractivity contribution in [3.05, 3.63) is 70.2 Å². The molecule has 2 aliphatic rings. The number of fused-ring (bicyclic) bond motifs is 2. The first-order valence-corrected chi connectivity index (χ1v) is 10.2. The zero-order valence-electron chi connectivity index (χ0n) is 14.7. The summed E-state index contributed by atoms with van der Waals surface area (Å²) in [7, 11) is 0. The predicted molar refractivity (Wildman–Crippen MR) is 106 cm³/mol. The monoisotopic (exact) mass is 413 g/mol. The molecule has 2 heterocycles. The Morgan fingerprint density at radius 2 is 1.81 bits per heavy atom. The van der Waals surface area contributed by atoms with Crippen LogP contribution in [0, 0.1) is 5.92 Å². The first-order valence-electron chi connectivity index (χ1n) is 9.39. The van der Waals surface area contributed by atoms with Crippen LogP contribution in [0.3, 0.4) is 0 Å². The zero-order chi connectivity index (χ0) is 18.1. The lowest BCUT2D eigenvalue weighted by Gasteiger charge is -2.50. The third kappa shape index (κ3) is 3.51. The van der Waals surface area contributed by atoms with Gasteiger partial charge in [-0.05, 0) is 36.1 Å². The predicted octanol–water partition coefficient (Wildman–Crippen LogP) is 4.49. The highest BCUT2D eigenvalue weighted by atomic mass is 79.9. The first-order chi connectivity index (χ1) is 12.6. The lowest BCUT2D eigenvalue weighted by molar-refractivity contribution is -0.142. The van der Waals surface area contributed by atoms with E-state index in [0.29, 0.717) is 12.5 Å². The minimum absolute atomic E-state index is 0.119. The summed E-state index contributed by atoms with van der Waals surface area (Å²) in [6.45, 7) is 0.854. The van der Waals surface area contributed by atoms with Crippen LogP contribution in [-0.2, 0) is 11.3 Å². The van der Waals surface area contributed by atoms with Crippen LogP contribution >= 0.6 is 15.9 Å². The Bertz CT molecular complexity index is 761. The second kappa shape index (κ2) is 7.63. The summed E-state index contributed by atoms with van der Waals surface area (Å²) in [6, 6.07) is 18.6. The molecule has 0 unspecified atom stereocenters. The number of nitrogens with zero attached hydrogens (tertiary/aromatic N) is 1. The van der Waals surface area contributed by atoms with E-state index >= 15 is 0 Å². The standard InChI is InChI=1S/C22H24BrNO2/c23-17-11-9-16(10-12-17)22(26)21-19-8-4-7-18(13-20(21)25)24(19)14-15-5-2-1-3-6-15/h1-3,5-6,9-12,18-19,21-22,26H,4,7-8,13-14H2/t18-,19+,21+,22-/m0/s1. The van der Waals surface area contributed by atoms with E-state index in [1.807, 2.05) is 30.3 Å². The topological polar surface area (TPSA) is 40.5 Å². The molecule has 2 bridgehead atoms. The van der Waals surface area contributed by atoms with Crippen molar-refractivity contribution >= 4 is 21.7 Å². The highest BCUT2D eigenvalue weighted by Gasteiger charge is 2.47. The van der Waals surface area contributed by atoms with Gasteiger partial charge in [0, 0.05) is 29.5 Å². The van der Waals surface area contributed by atoms with Crippen molar-refractivity contribution in [2.45, 2.75) is 50.4 Å². The molecule has 0 aliphatic carbocycles. The van der Waals surface area contributed by atoms with Gasteiger partial charge in [-0.1, -0.05) is 64.8 Å². The Labute approximate surface area is 163 Å². The van der Waals surface area contributed by atoms with Crippen LogP contribution in [0.1, 0.15) is 42.9 Å². The summed E-state index contributed by atoms with van der Waals surface area (Å²) in [5.41, 5.74) is 2.10. The zero-order valence-corrected chi connectivity index (χ0v) is 16.3. The van der Waals surface area contributed by atoms with E-state index in [-0.39, 0.29) is 17.7 Å². The molecule has 4 heteroatoms. The molecule has 0 saturated carbocycles. The average Bonchev–Trinajstić information content (AvgIpc) is 2.64. The SMILES string of the molecule is O=C1C[C@@H]2CCC[C@H]([C@H]1[C@@H](O)c1ccc(Br)cc1)N2Cc1ccccc1. The molecule has 0 radical (unpaired) electrons. The van der Waals surface area contributed by atoms with Gasteiger partial charge in [-0.15, -0.1) is 0 Å². The summed E-state index contributed by atoms with van der Waals surface area (Å²) >= 11 is 3.43. The molecule has 136 valence electrons. The Balaban J connectivity index is 1.61. The number of aliphatic hydroxyl groups excluding tert-OH is 1. The number of Topliss-reactive ketones (excluding diaryl/α,β-unsaturated/α-hetero) is 1. The quantitative estimate of drug-likeness (QED) is 0.801. The molecule has 2 aromatic carbocycles. The molecular weight excluding hydrogens is 390 g/mol. The smallest absolute Gasteiger partial charge is 0.142 e. The molecular formula is C22H24BrNO2. The van der Waals surface area contributed by atoms with E-state index in [1.54, 1.807) is 0 Å². The largest absolute Gasteiger partial charge is 0.388 e. The fraction of sp³-hybridized carbons (Fsp3) is 0.409. The van der Waals surface area contributed by atoms with Crippen molar-refractivity contribution in [2.24, 2.45) is 5.92 Å². The molecule has 2 saturated heterocycles. The Hall–Kier alpha value is -1.49. The molecule has 2 aliphatic heterocycles. The highest BCUT2D eigenvalue weighted by molar-refractivity contribution is 9.10. The lowest BCUT2D eigenvalue weighted by Crippen LogP contribution is -2.58. The van der Waals surface area contributed by atoms with E-state index < -0.39 is 6.10 Å². The summed E-state index contributed by atoms with van der Waals surface area (Å²) in [6.07, 6.45) is 3.01. The van der Waals surface area contributed by atoms with Crippen molar-refractivity contribution < 1.29 is 9.90 Å². The minimum atomic E-state index is -0.738. The fourth-order valence-corrected chi connectivity index (χ4v) is 4.91. The van der Waals surface area contributed by atoms with Crippen LogP contribution in [-0.4, -0.2) is 27.9 Å². The van der Waals surface area contributed by atoms with Gasteiger partial charge in [-0.25, -0.2) is 0 Å². The molecule has 4 rings (SSSR count). The minimum Gasteiger partial charge on any atom is -0.388 e. The highest BCUT2D eigenvalue weighted by Crippen LogP contribution is 2.41. The third-order valence-corrected chi connectivity index (χ3v) is 6.44. The van der Waals surface area contributed by atoms with Gasteiger partial charge in [0.2, 0.25) is 0 Å². The van der Waals surface area contributed by atoms with E-state index in [2.05, 4.69) is 45.1 Å². The summed E-state index contributed by atoms with van der Waals surface area (Å²) in [4.78, 5) is 15.4. The van der Waals surface area contributed by atoms with Gasteiger partial charge in [-0.3, -0.25) is 9.69 Å². The van der Waals surface area contributed by atoms with Crippen molar-refractivity contribution in [1.82, 2.24) is 4.90 Å². The molecule has 0 amide bonds. The molecule has 2 fully saturated rings. The van der Waals surface area contributed by atoms with E-state index in [9.17, 15) is 9.90 Å². The summed E-state index contributed by atoms with van der Waals surface area (Å²) in [5, 5.41) is 11.0. The van der Waals surface area contributed by atoms with Crippen LogP contribution < -0.4 is 0 Å². The van der Waals surface area contributed by atoms with Crippen LogP contribution in [0.15, 0.2) is 59.1 Å². The number of carbonyl (C=O) groups excluding carboxylic acids is 1. The van der Waals surface area contributed by atoms with Crippen LogP contribution in [0.4, 0.5) is 0 Å². The number of aliphatic hydroxyl groups is 1. The second-order valence-electron chi connectivity index (χ2n) is 7.50. The van der Waals surface area contributed by atoms with Gasteiger partial charge in [-0.2, -0.15) is 0 Å². The van der Waals surface area contributed by atoms with Gasteiger partial charge in [0.05, 0.1) is 12.0 Å². The first kappa shape index (κ1) is 17.9. The van der Waals surface area contributed by atoms with Gasteiger partial charge in [0.25, 0.3) is 0 Å². The molecule has 0 aromatic heterocycles. The molecule has 0 spiro atoms. The van der Waals surface area contributed by atoms with E-state index in [1.165, 1.54) is 5.56 Å². The number of hydrogen-bond donors (Lipinski definition) is 1. The summed E-state index contributed by atoms with van der Waals surface area (Å²) < 4.78 is 0.979. The number of rotatable bonds is 4. The van der Waals surface area contributed by atoms with E-state index in [0.717, 1.165) is 35.8 Å². The Morgan fingerprint density at radius 1 is 1.08 bits per heavy atom. The van der Waals surface area contributed by atoms with E-state index in [4.69, 9.17) is 0 Å². The molecule has 26 heavy (non-hydrogen) atoms. The Morgan fingerprint density at radius 3 is 2.54 bits per heavy atom. The summed E-state index contributed by atoms with van der Waals surface area (Å²) in [5.74, 6) is -0.115. The number of halogens is 1.